The number of aryl methyl sites for hydroxylation is 1. The number of H-pyrrole nitrogens is 1. The van der Waals surface area contributed by atoms with Crippen LogP contribution < -0.4 is 10.9 Å². The molecular formula is C19H27N3O2S. The van der Waals surface area contributed by atoms with Crippen LogP contribution in [-0.2, 0) is 6.54 Å². The molecule has 0 aliphatic heterocycles. The van der Waals surface area contributed by atoms with Gasteiger partial charge in [0.2, 0.25) is 0 Å². The lowest BCUT2D eigenvalue weighted by Gasteiger charge is -2.26. The molecule has 0 aliphatic rings. The van der Waals surface area contributed by atoms with E-state index in [1.165, 1.54) is 0 Å². The lowest BCUT2D eigenvalue weighted by Crippen LogP contribution is -2.42. The average molecular weight is 362 g/mol. The van der Waals surface area contributed by atoms with Crippen molar-refractivity contribution in [3.63, 3.8) is 0 Å². The number of thiocarbonyl (C=S) groups is 1. The molecule has 0 fully saturated rings. The minimum Gasteiger partial charge on any atom is -0.396 e. The van der Waals surface area contributed by atoms with Crippen molar-refractivity contribution in [1.29, 1.82) is 0 Å². The number of rotatable bonds is 7. The van der Waals surface area contributed by atoms with Gasteiger partial charge in [-0.3, -0.25) is 4.79 Å². The van der Waals surface area contributed by atoms with E-state index in [2.05, 4.69) is 30.2 Å². The third-order valence-electron chi connectivity index (χ3n) is 3.97. The fourth-order valence-corrected chi connectivity index (χ4v) is 2.85. The van der Waals surface area contributed by atoms with Gasteiger partial charge in [-0.25, -0.2) is 0 Å². The molecule has 0 saturated carbocycles. The summed E-state index contributed by atoms with van der Waals surface area (Å²) >= 11 is 5.49. The van der Waals surface area contributed by atoms with Crippen LogP contribution in [0.5, 0.6) is 0 Å². The van der Waals surface area contributed by atoms with Crippen LogP contribution >= 0.6 is 12.2 Å². The Morgan fingerprint density at radius 2 is 2.12 bits per heavy atom. The number of aromatic amines is 1. The molecule has 25 heavy (non-hydrogen) atoms. The summed E-state index contributed by atoms with van der Waals surface area (Å²) in [7, 11) is 0. The average Bonchev–Trinajstić information content (AvgIpc) is 2.57. The molecule has 0 unspecified atom stereocenters. The monoisotopic (exact) mass is 361 g/mol. The normalized spacial score (nSPS) is 11.1. The van der Waals surface area contributed by atoms with Crippen molar-refractivity contribution in [2.24, 2.45) is 5.92 Å². The molecule has 3 N–H and O–H groups in total. The largest absolute Gasteiger partial charge is 0.396 e. The van der Waals surface area contributed by atoms with Gasteiger partial charge in [0.15, 0.2) is 5.11 Å². The summed E-state index contributed by atoms with van der Waals surface area (Å²) in [5, 5.41) is 14.0. The van der Waals surface area contributed by atoms with Gasteiger partial charge in [0, 0.05) is 30.8 Å². The molecule has 0 bridgehead atoms. The van der Waals surface area contributed by atoms with E-state index in [4.69, 9.17) is 17.3 Å². The summed E-state index contributed by atoms with van der Waals surface area (Å²) in [6.45, 7) is 8.16. The minimum atomic E-state index is -0.1000. The van der Waals surface area contributed by atoms with Crippen LogP contribution in [0.15, 0.2) is 29.1 Å². The number of pyridine rings is 1. The summed E-state index contributed by atoms with van der Waals surface area (Å²) in [6, 6.07) is 7.89. The van der Waals surface area contributed by atoms with Gasteiger partial charge >= 0.3 is 0 Å². The smallest absolute Gasteiger partial charge is 0.253 e. The molecule has 0 radical (unpaired) electrons. The summed E-state index contributed by atoms with van der Waals surface area (Å²) in [5.41, 5.74) is 2.56. The Morgan fingerprint density at radius 1 is 1.36 bits per heavy atom. The molecule has 2 aromatic rings. The number of benzene rings is 1. The molecule has 5 nitrogen and oxygen atoms in total. The van der Waals surface area contributed by atoms with Gasteiger partial charge in [-0.1, -0.05) is 25.5 Å². The van der Waals surface area contributed by atoms with Crippen molar-refractivity contribution >= 4 is 28.2 Å². The third kappa shape index (κ3) is 5.54. The van der Waals surface area contributed by atoms with Crippen LogP contribution in [0.2, 0.25) is 0 Å². The highest BCUT2D eigenvalue weighted by Gasteiger charge is 2.13. The first-order valence-electron chi connectivity index (χ1n) is 8.67. The number of aromatic nitrogens is 1. The van der Waals surface area contributed by atoms with Crippen molar-refractivity contribution in [3.05, 3.63) is 45.7 Å². The highest BCUT2D eigenvalue weighted by Crippen LogP contribution is 2.14. The highest BCUT2D eigenvalue weighted by atomic mass is 32.1. The topological polar surface area (TPSA) is 68.4 Å². The molecular weight excluding hydrogens is 334 g/mol. The molecule has 1 heterocycles. The number of fused-ring (bicyclic) bond motifs is 1. The first kappa shape index (κ1) is 19.4. The fourth-order valence-electron chi connectivity index (χ4n) is 2.61. The van der Waals surface area contributed by atoms with Crippen LogP contribution in [0.3, 0.4) is 0 Å². The van der Waals surface area contributed by atoms with Gasteiger partial charge in [-0.2, -0.15) is 0 Å². The van der Waals surface area contributed by atoms with E-state index in [1.54, 1.807) is 0 Å². The Bertz CT molecular complexity index is 786. The first-order valence-corrected chi connectivity index (χ1v) is 9.07. The van der Waals surface area contributed by atoms with Gasteiger partial charge < -0.3 is 20.3 Å². The van der Waals surface area contributed by atoms with E-state index in [0.29, 0.717) is 36.1 Å². The van der Waals surface area contributed by atoms with Crippen molar-refractivity contribution < 1.29 is 5.11 Å². The van der Waals surface area contributed by atoms with Crippen LogP contribution in [0, 0.1) is 12.8 Å². The SMILES string of the molecule is Cc1ccc2[nH]c(=O)c(CN(CCCO)C(=S)NCC(C)C)cc2c1. The zero-order chi connectivity index (χ0) is 18.4. The van der Waals surface area contributed by atoms with Gasteiger partial charge in [-0.15, -0.1) is 0 Å². The standard InChI is InChI=1S/C19H27N3O2S/c1-13(2)11-20-19(25)22(7-4-8-23)12-16-10-15-9-14(3)5-6-17(15)21-18(16)24/h5-6,9-10,13,23H,4,7-8,11-12H2,1-3H3,(H,20,25)(H,21,24). The Balaban J connectivity index is 2.24. The lowest BCUT2D eigenvalue weighted by atomic mass is 10.1. The zero-order valence-corrected chi connectivity index (χ0v) is 15.9. The van der Waals surface area contributed by atoms with Crippen LogP contribution in [-0.4, -0.2) is 39.8 Å². The van der Waals surface area contributed by atoms with Crippen molar-refractivity contribution in [2.75, 3.05) is 19.7 Å². The minimum absolute atomic E-state index is 0.0938. The van der Waals surface area contributed by atoms with E-state index >= 15 is 0 Å². The number of nitrogens with zero attached hydrogens (tertiary/aromatic N) is 1. The van der Waals surface area contributed by atoms with Crippen molar-refractivity contribution in [1.82, 2.24) is 15.2 Å². The van der Waals surface area contributed by atoms with E-state index in [9.17, 15) is 4.79 Å². The molecule has 0 atom stereocenters. The van der Waals surface area contributed by atoms with Gasteiger partial charge in [0.1, 0.15) is 0 Å². The Labute approximate surface area is 154 Å². The summed E-state index contributed by atoms with van der Waals surface area (Å²) in [4.78, 5) is 17.3. The van der Waals surface area contributed by atoms with E-state index < -0.39 is 0 Å². The van der Waals surface area contributed by atoms with Crippen molar-refractivity contribution in [3.8, 4) is 0 Å². The van der Waals surface area contributed by atoms with Gasteiger partial charge in [-0.05, 0) is 55.1 Å². The van der Waals surface area contributed by atoms with Crippen molar-refractivity contribution in [2.45, 2.75) is 33.7 Å². The van der Waals surface area contributed by atoms with Crippen LogP contribution in [0.1, 0.15) is 31.4 Å². The van der Waals surface area contributed by atoms with Crippen LogP contribution in [0.4, 0.5) is 0 Å². The van der Waals surface area contributed by atoms with Crippen LogP contribution in [0.25, 0.3) is 10.9 Å². The predicted molar refractivity (Wildman–Crippen MR) is 107 cm³/mol. The molecule has 136 valence electrons. The van der Waals surface area contributed by atoms with E-state index in [-0.39, 0.29) is 12.2 Å². The number of aliphatic hydroxyl groups is 1. The summed E-state index contributed by atoms with van der Waals surface area (Å²) < 4.78 is 0. The maximum absolute atomic E-state index is 12.4. The molecule has 0 saturated heterocycles. The Hall–Kier alpha value is -1.92. The number of aliphatic hydroxyl groups excluding tert-OH is 1. The van der Waals surface area contributed by atoms with E-state index in [0.717, 1.165) is 23.0 Å². The number of hydrogen-bond acceptors (Lipinski definition) is 3. The highest BCUT2D eigenvalue weighted by molar-refractivity contribution is 7.80. The maximum atomic E-state index is 12.4. The molecule has 1 aromatic carbocycles. The Kier molecular flexibility index (Phi) is 6.96. The quantitative estimate of drug-likeness (QED) is 0.661. The summed E-state index contributed by atoms with van der Waals surface area (Å²) in [5.74, 6) is 0.477. The second kappa shape index (κ2) is 8.97. The fraction of sp³-hybridized carbons (Fsp3) is 0.474. The molecule has 2 rings (SSSR count). The zero-order valence-electron chi connectivity index (χ0n) is 15.1. The summed E-state index contributed by atoms with van der Waals surface area (Å²) in [6.07, 6.45) is 0.605. The Morgan fingerprint density at radius 3 is 2.80 bits per heavy atom. The lowest BCUT2D eigenvalue weighted by molar-refractivity contribution is 0.264. The third-order valence-corrected chi connectivity index (χ3v) is 4.38. The molecule has 1 aromatic heterocycles. The second-order valence-electron chi connectivity index (χ2n) is 6.79. The first-order chi connectivity index (χ1) is 11.9. The molecule has 0 amide bonds. The molecule has 0 aliphatic carbocycles. The molecule has 6 heteroatoms. The van der Waals surface area contributed by atoms with Gasteiger partial charge in [0.25, 0.3) is 5.56 Å². The number of hydrogen-bond donors (Lipinski definition) is 3. The molecule has 0 spiro atoms. The number of nitrogens with one attached hydrogen (secondary N) is 2. The maximum Gasteiger partial charge on any atom is 0.253 e. The van der Waals surface area contributed by atoms with Gasteiger partial charge in [0.05, 0.1) is 6.54 Å². The van der Waals surface area contributed by atoms with E-state index in [1.807, 2.05) is 30.0 Å². The second-order valence-corrected chi connectivity index (χ2v) is 7.18. The predicted octanol–water partition coefficient (Wildman–Crippen LogP) is 2.55.